The summed E-state index contributed by atoms with van der Waals surface area (Å²) < 4.78 is 18.5. The Morgan fingerprint density at radius 1 is 1.27 bits per heavy atom. The number of hydrogen-bond acceptors (Lipinski definition) is 4. The lowest BCUT2D eigenvalue weighted by molar-refractivity contribution is -0.124. The minimum atomic E-state index is -0.284. The molecule has 138 valence electrons. The quantitative estimate of drug-likeness (QED) is 0.742. The first-order valence-corrected chi connectivity index (χ1v) is 8.73. The van der Waals surface area contributed by atoms with E-state index in [0.717, 1.165) is 22.4 Å². The molecule has 3 N–H and O–H groups in total. The SMILES string of the molecule is COc1ccc(C)cc1CCNC(=O)C1CNNC1c1ccc(F)cc1. The monoisotopic (exact) mass is 357 g/mol. The Morgan fingerprint density at radius 3 is 2.77 bits per heavy atom. The second-order valence-corrected chi connectivity index (χ2v) is 6.52. The van der Waals surface area contributed by atoms with Crippen LogP contribution in [-0.4, -0.2) is 26.1 Å². The van der Waals surface area contributed by atoms with Gasteiger partial charge in [0.25, 0.3) is 0 Å². The largest absolute Gasteiger partial charge is 0.496 e. The lowest BCUT2D eigenvalue weighted by Gasteiger charge is -2.18. The van der Waals surface area contributed by atoms with Crippen LogP contribution in [0.4, 0.5) is 4.39 Å². The average molecular weight is 357 g/mol. The molecule has 1 saturated heterocycles. The Balaban J connectivity index is 1.59. The molecule has 0 bridgehead atoms. The maximum absolute atomic E-state index is 13.1. The molecule has 0 spiro atoms. The van der Waals surface area contributed by atoms with Gasteiger partial charge in [0.2, 0.25) is 5.91 Å². The van der Waals surface area contributed by atoms with Crippen molar-refractivity contribution in [2.75, 3.05) is 20.2 Å². The fraction of sp³-hybridized carbons (Fsp3) is 0.350. The first-order chi connectivity index (χ1) is 12.6. The molecular formula is C20H24FN3O2. The van der Waals surface area contributed by atoms with E-state index < -0.39 is 0 Å². The molecule has 1 aliphatic heterocycles. The topological polar surface area (TPSA) is 62.4 Å². The Bertz CT molecular complexity index is 764. The Morgan fingerprint density at radius 2 is 2.04 bits per heavy atom. The van der Waals surface area contributed by atoms with Gasteiger partial charge in [0.15, 0.2) is 0 Å². The lowest BCUT2D eigenvalue weighted by atomic mass is 9.94. The molecule has 2 unspecified atom stereocenters. The predicted molar refractivity (Wildman–Crippen MR) is 98.2 cm³/mol. The van der Waals surface area contributed by atoms with Gasteiger partial charge in [-0.25, -0.2) is 9.82 Å². The number of hydrogen-bond donors (Lipinski definition) is 3. The number of carbonyl (C=O) groups excluding carboxylic acids is 1. The number of rotatable bonds is 6. The number of amides is 1. The first kappa shape index (κ1) is 18.4. The summed E-state index contributed by atoms with van der Waals surface area (Å²) in [5, 5.41) is 3.01. The van der Waals surface area contributed by atoms with Crippen molar-refractivity contribution in [2.45, 2.75) is 19.4 Å². The van der Waals surface area contributed by atoms with Crippen LogP contribution in [0.25, 0.3) is 0 Å². The molecule has 0 radical (unpaired) electrons. The zero-order valence-corrected chi connectivity index (χ0v) is 15.0. The summed E-state index contributed by atoms with van der Waals surface area (Å²) in [6, 6.07) is 12.1. The maximum Gasteiger partial charge on any atom is 0.226 e. The third-order valence-electron chi connectivity index (χ3n) is 4.68. The van der Waals surface area contributed by atoms with Gasteiger partial charge in [-0.1, -0.05) is 29.8 Å². The molecule has 1 aliphatic rings. The zero-order chi connectivity index (χ0) is 18.5. The predicted octanol–water partition coefficient (Wildman–Crippen LogP) is 2.27. The van der Waals surface area contributed by atoms with Gasteiger partial charge >= 0.3 is 0 Å². The van der Waals surface area contributed by atoms with Gasteiger partial charge in [-0.05, 0) is 42.7 Å². The van der Waals surface area contributed by atoms with E-state index in [1.807, 2.05) is 19.1 Å². The van der Waals surface area contributed by atoms with Gasteiger partial charge in [-0.2, -0.15) is 0 Å². The highest BCUT2D eigenvalue weighted by molar-refractivity contribution is 5.80. The molecule has 1 amide bonds. The van der Waals surface area contributed by atoms with Crippen molar-refractivity contribution >= 4 is 5.91 Å². The number of methoxy groups -OCH3 is 1. The second kappa shape index (κ2) is 8.29. The molecule has 1 heterocycles. The van der Waals surface area contributed by atoms with Gasteiger partial charge in [0, 0.05) is 13.1 Å². The summed E-state index contributed by atoms with van der Waals surface area (Å²) in [5.41, 5.74) is 9.25. The first-order valence-electron chi connectivity index (χ1n) is 8.73. The minimum absolute atomic E-state index is 0.0246. The van der Waals surface area contributed by atoms with Crippen LogP contribution < -0.4 is 20.9 Å². The zero-order valence-electron chi connectivity index (χ0n) is 15.0. The van der Waals surface area contributed by atoms with Crippen LogP contribution in [0.15, 0.2) is 42.5 Å². The van der Waals surface area contributed by atoms with E-state index in [1.165, 1.54) is 12.1 Å². The Labute approximate surface area is 152 Å². The maximum atomic E-state index is 13.1. The second-order valence-electron chi connectivity index (χ2n) is 6.52. The Hall–Kier alpha value is -2.44. The molecule has 0 aliphatic carbocycles. The van der Waals surface area contributed by atoms with Crippen LogP contribution in [-0.2, 0) is 11.2 Å². The van der Waals surface area contributed by atoms with Crippen molar-refractivity contribution in [3.8, 4) is 5.75 Å². The summed E-state index contributed by atoms with van der Waals surface area (Å²) in [7, 11) is 1.65. The van der Waals surface area contributed by atoms with Crippen LogP contribution in [0.1, 0.15) is 22.7 Å². The summed E-state index contributed by atoms with van der Waals surface area (Å²) in [4.78, 5) is 12.6. The summed E-state index contributed by atoms with van der Waals surface area (Å²) in [5.74, 6) is 0.273. The molecule has 2 atom stereocenters. The van der Waals surface area contributed by atoms with Crippen molar-refractivity contribution in [1.29, 1.82) is 0 Å². The molecule has 6 heteroatoms. The van der Waals surface area contributed by atoms with Crippen molar-refractivity contribution in [2.24, 2.45) is 5.92 Å². The average Bonchev–Trinajstić information content (AvgIpc) is 3.12. The highest BCUT2D eigenvalue weighted by Gasteiger charge is 2.33. The number of halogens is 1. The normalized spacial score (nSPS) is 19.3. The van der Waals surface area contributed by atoms with Crippen molar-refractivity contribution in [3.63, 3.8) is 0 Å². The molecule has 3 rings (SSSR count). The number of nitrogens with one attached hydrogen (secondary N) is 3. The van der Waals surface area contributed by atoms with Crippen LogP contribution in [0.5, 0.6) is 5.75 Å². The van der Waals surface area contributed by atoms with E-state index >= 15 is 0 Å². The highest BCUT2D eigenvalue weighted by atomic mass is 19.1. The number of ether oxygens (including phenoxy) is 1. The molecule has 0 saturated carbocycles. The molecule has 2 aromatic carbocycles. The van der Waals surface area contributed by atoms with E-state index in [1.54, 1.807) is 19.2 Å². The van der Waals surface area contributed by atoms with Crippen LogP contribution >= 0.6 is 0 Å². The minimum Gasteiger partial charge on any atom is -0.496 e. The van der Waals surface area contributed by atoms with E-state index in [-0.39, 0.29) is 23.7 Å². The van der Waals surface area contributed by atoms with E-state index in [2.05, 4.69) is 22.2 Å². The third kappa shape index (κ3) is 4.20. The van der Waals surface area contributed by atoms with Crippen molar-refractivity contribution in [3.05, 3.63) is 65.0 Å². The number of aryl methyl sites for hydroxylation is 1. The fourth-order valence-corrected chi connectivity index (χ4v) is 3.28. The smallest absolute Gasteiger partial charge is 0.226 e. The van der Waals surface area contributed by atoms with Gasteiger partial charge in [-0.15, -0.1) is 0 Å². The fourth-order valence-electron chi connectivity index (χ4n) is 3.28. The standard InChI is InChI=1S/C20H24FN3O2/c1-13-3-8-18(26-2)15(11-13)9-10-22-20(25)17-12-23-24-19(17)14-4-6-16(21)7-5-14/h3-8,11,17,19,23-24H,9-10,12H2,1-2H3,(H,22,25). The van der Waals surface area contributed by atoms with Crippen LogP contribution in [0, 0.1) is 18.7 Å². The number of benzene rings is 2. The van der Waals surface area contributed by atoms with Crippen LogP contribution in [0.2, 0.25) is 0 Å². The van der Waals surface area contributed by atoms with E-state index in [4.69, 9.17) is 4.74 Å². The van der Waals surface area contributed by atoms with Gasteiger partial charge in [0.1, 0.15) is 11.6 Å². The molecular weight excluding hydrogens is 333 g/mol. The van der Waals surface area contributed by atoms with Crippen molar-refractivity contribution < 1.29 is 13.9 Å². The van der Waals surface area contributed by atoms with Gasteiger partial charge in [-0.3, -0.25) is 10.2 Å². The molecule has 1 fully saturated rings. The van der Waals surface area contributed by atoms with Crippen LogP contribution in [0.3, 0.4) is 0 Å². The number of hydrazine groups is 1. The molecule has 2 aromatic rings. The summed E-state index contributed by atoms with van der Waals surface area (Å²) >= 11 is 0. The van der Waals surface area contributed by atoms with E-state index in [0.29, 0.717) is 19.5 Å². The molecule has 0 aromatic heterocycles. The molecule has 26 heavy (non-hydrogen) atoms. The Kier molecular flexibility index (Phi) is 5.85. The highest BCUT2D eigenvalue weighted by Crippen LogP contribution is 2.25. The van der Waals surface area contributed by atoms with Gasteiger partial charge in [0.05, 0.1) is 19.1 Å². The summed E-state index contributed by atoms with van der Waals surface area (Å²) in [6.45, 7) is 3.09. The van der Waals surface area contributed by atoms with Crippen molar-refractivity contribution in [1.82, 2.24) is 16.2 Å². The lowest BCUT2D eigenvalue weighted by Crippen LogP contribution is -2.36. The number of carbonyl (C=O) groups is 1. The van der Waals surface area contributed by atoms with Gasteiger partial charge < -0.3 is 10.1 Å². The summed E-state index contributed by atoms with van der Waals surface area (Å²) in [6.07, 6.45) is 0.700. The third-order valence-corrected chi connectivity index (χ3v) is 4.68. The molecule has 5 nitrogen and oxygen atoms in total. The van der Waals surface area contributed by atoms with E-state index in [9.17, 15) is 9.18 Å².